The van der Waals surface area contributed by atoms with Crippen LogP contribution in [0.1, 0.15) is 41.4 Å². The Morgan fingerprint density at radius 3 is 2.54 bits per heavy atom. The molecule has 148 valence electrons. The highest BCUT2D eigenvalue weighted by Gasteiger charge is 2.29. The van der Waals surface area contributed by atoms with E-state index in [1.807, 2.05) is 49.1 Å². The van der Waals surface area contributed by atoms with Crippen LogP contribution in [0.4, 0.5) is 0 Å². The van der Waals surface area contributed by atoms with Crippen LogP contribution in [0.25, 0.3) is 0 Å². The molecular weight excluding hydrogens is 354 g/mol. The minimum absolute atomic E-state index is 0.0345. The van der Waals surface area contributed by atoms with Crippen molar-refractivity contribution >= 4 is 11.8 Å². The van der Waals surface area contributed by atoms with Crippen LogP contribution >= 0.6 is 0 Å². The number of hydrogen-bond donors (Lipinski definition) is 1. The summed E-state index contributed by atoms with van der Waals surface area (Å²) in [5.74, 6) is -0.0794. The Morgan fingerprint density at radius 1 is 1.14 bits per heavy atom. The van der Waals surface area contributed by atoms with Crippen LogP contribution in [0, 0.1) is 6.92 Å². The van der Waals surface area contributed by atoms with Gasteiger partial charge in [-0.15, -0.1) is 0 Å². The highest BCUT2D eigenvalue weighted by atomic mass is 16.5. The summed E-state index contributed by atoms with van der Waals surface area (Å²) in [4.78, 5) is 32.2. The number of nitrogens with zero attached hydrogens (tertiary/aromatic N) is 2. The van der Waals surface area contributed by atoms with Crippen LogP contribution in [0.5, 0.6) is 5.88 Å². The quantitative estimate of drug-likeness (QED) is 0.801. The highest BCUT2D eigenvalue weighted by Crippen LogP contribution is 2.18. The average molecular weight is 381 g/mol. The van der Waals surface area contributed by atoms with Crippen LogP contribution in [0.15, 0.2) is 42.5 Å². The predicted octanol–water partition coefficient (Wildman–Crippen LogP) is 2.75. The van der Waals surface area contributed by atoms with E-state index in [4.69, 9.17) is 4.74 Å². The van der Waals surface area contributed by atoms with Crippen molar-refractivity contribution < 1.29 is 14.3 Å². The van der Waals surface area contributed by atoms with Gasteiger partial charge in [0, 0.05) is 25.2 Å². The lowest BCUT2D eigenvalue weighted by Crippen LogP contribution is -2.49. The smallest absolute Gasteiger partial charge is 0.257 e. The van der Waals surface area contributed by atoms with Crippen LogP contribution in [0.3, 0.4) is 0 Å². The Bertz CT molecular complexity index is 817. The molecule has 2 amide bonds. The number of rotatable bonds is 7. The van der Waals surface area contributed by atoms with Gasteiger partial charge in [-0.3, -0.25) is 9.59 Å². The van der Waals surface area contributed by atoms with Crippen LogP contribution in [0.2, 0.25) is 0 Å². The topological polar surface area (TPSA) is 71.5 Å². The van der Waals surface area contributed by atoms with Crippen molar-refractivity contribution in [2.45, 2.75) is 39.2 Å². The van der Waals surface area contributed by atoms with Gasteiger partial charge in [-0.05, 0) is 44.4 Å². The SMILES string of the molecule is CCOc1nc(C)ccc1C(=O)N[C@@H](Cc1ccccc1)C(=O)N1CCCC1. The number of aromatic nitrogens is 1. The van der Waals surface area contributed by atoms with Crippen LogP contribution < -0.4 is 10.1 Å². The fourth-order valence-electron chi connectivity index (χ4n) is 3.40. The Kier molecular flexibility index (Phi) is 6.63. The molecule has 3 rings (SSSR count). The van der Waals surface area contributed by atoms with Crippen LogP contribution in [-0.2, 0) is 11.2 Å². The first-order valence-corrected chi connectivity index (χ1v) is 9.82. The third-order valence-corrected chi connectivity index (χ3v) is 4.83. The molecule has 0 radical (unpaired) electrons. The summed E-state index contributed by atoms with van der Waals surface area (Å²) in [6.07, 6.45) is 2.47. The van der Waals surface area contributed by atoms with E-state index in [9.17, 15) is 9.59 Å². The molecule has 0 bridgehead atoms. The maximum atomic E-state index is 13.0. The number of carbonyl (C=O) groups is 2. The number of pyridine rings is 1. The van der Waals surface area contributed by atoms with Crippen molar-refractivity contribution in [1.29, 1.82) is 0 Å². The minimum atomic E-state index is -0.622. The number of likely N-dealkylation sites (tertiary alicyclic amines) is 1. The van der Waals surface area contributed by atoms with Crippen molar-refractivity contribution in [3.8, 4) is 5.88 Å². The van der Waals surface area contributed by atoms with E-state index in [0.717, 1.165) is 37.2 Å². The molecular formula is C22H27N3O3. The first-order chi connectivity index (χ1) is 13.6. The summed E-state index contributed by atoms with van der Waals surface area (Å²) in [6.45, 7) is 5.60. The summed E-state index contributed by atoms with van der Waals surface area (Å²) in [5, 5.41) is 2.93. The Labute approximate surface area is 165 Å². The summed E-state index contributed by atoms with van der Waals surface area (Å²) in [7, 11) is 0. The molecule has 6 heteroatoms. The molecule has 0 spiro atoms. The van der Waals surface area contributed by atoms with Gasteiger partial charge in [-0.2, -0.15) is 0 Å². The lowest BCUT2D eigenvalue weighted by atomic mass is 10.0. The number of ether oxygens (including phenoxy) is 1. The molecule has 6 nitrogen and oxygen atoms in total. The second-order valence-electron chi connectivity index (χ2n) is 6.99. The molecule has 1 N–H and O–H groups in total. The zero-order chi connectivity index (χ0) is 19.9. The maximum absolute atomic E-state index is 13.0. The van der Waals surface area contributed by atoms with Gasteiger partial charge < -0.3 is 15.0 Å². The maximum Gasteiger partial charge on any atom is 0.257 e. The second-order valence-corrected chi connectivity index (χ2v) is 6.99. The fourth-order valence-corrected chi connectivity index (χ4v) is 3.40. The number of nitrogens with one attached hydrogen (secondary N) is 1. The normalized spacial score (nSPS) is 14.6. The van der Waals surface area contributed by atoms with Crippen molar-refractivity contribution in [3.05, 3.63) is 59.3 Å². The standard InChI is InChI=1S/C22H27N3O3/c1-3-28-21-18(12-11-16(2)23-21)20(26)24-19(15-17-9-5-4-6-10-17)22(27)25-13-7-8-14-25/h4-6,9-12,19H,3,7-8,13-15H2,1-2H3,(H,24,26)/t19-/m0/s1. The third-order valence-electron chi connectivity index (χ3n) is 4.83. The molecule has 2 aromatic rings. The molecule has 0 saturated carbocycles. The molecule has 1 aromatic carbocycles. The summed E-state index contributed by atoms with van der Waals surface area (Å²) >= 11 is 0. The molecule has 1 aromatic heterocycles. The highest BCUT2D eigenvalue weighted by molar-refractivity contribution is 5.99. The molecule has 1 saturated heterocycles. The summed E-state index contributed by atoms with van der Waals surface area (Å²) < 4.78 is 5.53. The lowest BCUT2D eigenvalue weighted by molar-refractivity contribution is -0.132. The molecule has 1 aliphatic heterocycles. The molecule has 0 unspecified atom stereocenters. The van der Waals surface area contributed by atoms with E-state index in [1.54, 1.807) is 12.1 Å². The van der Waals surface area contributed by atoms with Gasteiger partial charge in [0.05, 0.1) is 6.61 Å². The largest absolute Gasteiger partial charge is 0.477 e. The van der Waals surface area contributed by atoms with Gasteiger partial charge >= 0.3 is 0 Å². The first-order valence-electron chi connectivity index (χ1n) is 9.82. The van der Waals surface area contributed by atoms with Crippen LogP contribution in [-0.4, -0.2) is 47.4 Å². The Balaban J connectivity index is 1.82. The second kappa shape index (κ2) is 9.35. The van der Waals surface area contributed by atoms with Gasteiger partial charge in [0.25, 0.3) is 5.91 Å². The Morgan fingerprint density at radius 2 is 1.86 bits per heavy atom. The van der Waals surface area contributed by atoms with E-state index in [0.29, 0.717) is 24.5 Å². The summed E-state index contributed by atoms with van der Waals surface area (Å²) in [5.41, 5.74) is 2.13. The fraction of sp³-hybridized carbons (Fsp3) is 0.409. The predicted molar refractivity (Wildman–Crippen MR) is 107 cm³/mol. The molecule has 1 aliphatic rings. The number of aryl methyl sites for hydroxylation is 1. The van der Waals surface area contributed by atoms with E-state index < -0.39 is 6.04 Å². The molecule has 0 aliphatic carbocycles. The molecule has 28 heavy (non-hydrogen) atoms. The number of amides is 2. The number of benzene rings is 1. The van der Waals surface area contributed by atoms with Crippen molar-refractivity contribution in [3.63, 3.8) is 0 Å². The zero-order valence-corrected chi connectivity index (χ0v) is 16.5. The first kappa shape index (κ1) is 19.9. The molecule has 1 atom stereocenters. The van der Waals surface area contributed by atoms with E-state index in [-0.39, 0.29) is 11.8 Å². The van der Waals surface area contributed by atoms with E-state index in [2.05, 4.69) is 10.3 Å². The number of carbonyl (C=O) groups excluding carboxylic acids is 2. The third kappa shape index (κ3) is 4.88. The zero-order valence-electron chi connectivity index (χ0n) is 16.5. The van der Waals surface area contributed by atoms with Gasteiger partial charge in [0.1, 0.15) is 11.6 Å². The van der Waals surface area contributed by atoms with Gasteiger partial charge in [0.2, 0.25) is 11.8 Å². The van der Waals surface area contributed by atoms with Gasteiger partial charge in [-0.25, -0.2) is 4.98 Å². The summed E-state index contributed by atoms with van der Waals surface area (Å²) in [6, 6.07) is 12.6. The Hall–Kier alpha value is -2.89. The number of hydrogen-bond acceptors (Lipinski definition) is 4. The average Bonchev–Trinajstić information content (AvgIpc) is 3.23. The van der Waals surface area contributed by atoms with Gasteiger partial charge in [0.15, 0.2) is 0 Å². The van der Waals surface area contributed by atoms with Crippen molar-refractivity contribution in [2.24, 2.45) is 0 Å². The van der Waals surface area contributed by atoms with Crippen molar-refractivity contribution in [1.82, 2.24) is 15.2 Å². The molecule has 1 fully saturated rings. The van der Waals surface area contributed by atoms with Crippen molar-refractivity contribution in [2.75, 3.05) is 19.7 Å². The molecule has 2 heterocycles. The van der Waals surface area contributed by atoms with Gasteiger partial charge in [-0.1, -0.05) is 30.3 Å². The van der Waals surface area contributed by atoms with E-state index >= 15 is 0 Å². The monoisotopic (exact) mass is 381 g/mol. The van der Waals surface area contributed by atoms with E-state index in [1.165, 1.54) is 0 Å². The lowest BCUT2D eigenvalue weighted by Gasteiger charge is -2.24. The minimum Gasteiger partial charge on any atom is -0.477 e.